The Labute approximate surface area is 145 Å². The lowest BCUT2D eigenvalue weighted by atomic mass is 10.0. The normalized spacial score (nSPS) is 18.9. The molecule has 1 unspecified atom stereocenters. The first-order chi connectivity index (χ1) is 11.6. The van der Waals surface area contributed by atoms with E-state index in [1.807, 2.05) is 62.4 Å². The number of rotatable bonds is 4. The summed E-state index contributed by atoms with van der Waals surface area (Å²) in [7, 11) is 0.508. The molecule has 126 valence electrons. The summed E-state index contributed by atoms with van der Waals surface area (Å²) in [6.07, 6.45) is 1.62. The summed E-state index contributed by atoms with van der Waals surface area (Å²) in [6.45, 7) is 3.94. The summed E-state index contributed by atoms with van der Waals surface area (Å²) in [5, 5.41) is 0. The zero-order valence-corrected chi connectivity index (χ0v) is 15.1. The number of hydrogen-bond acceptors (Lipinski definition) is 3. The topological polar surface area (TPSA) is 35.5 Å². The summed E-state index contributed by atoms with van der Waals surface area (Å²) in [6, 6.07) is 15.8. The number of ether oxygens (including phenoxy) is 2. The molecule has 0 aromatic heterocycles. The van der Waals surface area contributed by atoms with Crippen LogP contribution in [-0.4, -0.2) is 11.3 Å². The monoisotopic (exact) mass is 342 g/mol. The minimum atomic E-state index is -1.15. The second-order valence-corrected chi connectivity index (χ2v) is 7.48. The van der Waals surface area contributed by atoms with Crippen molar-refractivity contribution < 1.29 is 13.7 Å². The van der Waals surface area contributed by atoms with Crippen LogP contribution in [0.15, 0.2) is 64.1 Å². The number of aryl methyl sites for hydroxylation is 1. The average molecular weight is 342 g/mol. The van der Waals surface area contributed by atoms with E-state index in [2.05, 4.69) is 0 Å². The molecule has 4 heteroatoms. The Morgan fingerprint density at radius 3 is 2.29 bits per heavy atom. The Hall–Kier alpha value is -2.07. The summed E-state index contributed by atoms with van der Waals surface area (Å²) >= 11 is 0. The molecular formula is C20H22O3S. The second kappa shape index (κ2) is 7.22. The van der Waals surface area contributed by atoms with Crippen LogP contribution in [0.3, 0.4) is 0 Å². The SMILES string of the molecule is COc1ccc([C@H]2CCC(S(=O)c3ccc(C)cc3)=C(C)O2)cc1. The molecule has 0 spiro atoms. The molecule has 0 bridgehead atoms. The predicted octanol–water partition coefficient (Wildman–Crippen LogP) is 4.89. The first-order valence-electron chi connectivity index (χ1n) is 8.07. The second-order valence-electron chi connectivity index (χ2n) is 5.98. The fraction of sp³-hybridized carbons (Fsp3) is 0.300. The molecule has 2 aromatic rings. The van der Waals surface area contributed by atoms with Gasteiger partial charge in [0.25, 0.3) is 0 Å². The van der Waals surface area contributed by atoms with Gasteiger partial charge in [0.15, 0.2) is 0 Å². The highest BCUT2D eigenvalue weighted by Gasteiger charge is 2.25. The van der Waals surface area contributed by atoms with Crippen LogP contribution in [0, 0.1) is 6.92 Å². The van der Waals surface area contributed by atoms with Crippen molar-refractivity contribution in [3.63, 3.8) is 0 Å². The van der Waals surface area contributed by atoms with Gasteiger partial charge in [-0.1, -0.05) is 29.8 Å². The number of benzene rings is 2. The molecule has 1 aliphatic heterocycles. The van der Waals surface area contributed by atoms with Gasteiger partial charge in [0.2, 0.25) is 0 Å². The molecule has 0 N–H and O–H groups in total. The average Bonchev–Trinajstić information content (AvgIpc) is 2.62. The van der Waals surface area contributed by atoms with Crippen LogP contribution in [0.5, 0.6) is 5.75 Å². The van der Waals surface area contributed by atoms with Crippen molar-refractivity contribution >= 4 is 10.8 Å². The van der Waals surface area contributed by atoms with Crippen LogP contribution >= 0.6 is 0 Å². The third kappa shape index (κ3) is 3.54. The van der Waals surface area contributed by atoms with Gasteiger partial charge in [-0.15, -0.1) is 0 Å². The molecule has 0 saturated carbocycles. The van der Waals surface area contributed by atoms with Gasteiger partial charge >= 0.3 is 0 Å². The summed E-state index contributed by atoms with van der Waals surface area (Å²) in [4.78, 5) is 1.73. The van der Waals surface area contributed by atoms with Crippen molar-refractivity contribution in [2.75, 3.05) is 7.11 Å². The Balaban J connectivity index is 1.77. The Bertz CT molecular complexity index is 760. The van der Waals surface area contributed by atoms with E-state index < -0.39 is 10.8 Å². The van der Waals surface area contributed by atoms with Gasteiger partial charge in [0.1, 0.15) is 17.6 Å². The molecule has 0 fully saturated rings. The van der Waals surface area contributed by atoms with E-state index in [1.165, 1.54) is 5.56 Å². The molecule has 0 aliphatic carbocycles. The van der Waals surface area contributed by atoms with Crippen LogP contribution < -0.4 is 4.74 Å². The van der Waals surface area contributed by atoms with E-state index in [0.717, 1.165) is 39.7 Å². The van der Waals surface area contributed by atoms with Crippen molar-refractivity contribution in [3.8, 4) is 5.75 Å². The van der Waals surface area contributed by atoms with Crippen LogP contribution in [0.25, 0.3) is 0 Å². The van der Waals surface area contributed by atoms with Crippen molar-refractivity contribution in [2.24, 2.45) is 0 Å². The Morgan fingerprint density at radius 2 is 1.71 bits per heavy atom. The van der Waals surface area contributed by atoms with Crippen LogP contribution in [0.4, 0.5) is 0 Å². The molecule has 2 aromatic carbocycles. The van der Waals surface area contributed by atoms with E-state index in [1.54, 1.807) is 7.11 Å². The molecular weight excluding hydrogens is 320 g/mol. The lowest BCUT2D eigenvalue weighted by molar-refractivity contribution is 0.0955. The molecule has 0 radical (unpaired) electrons. The molecule has 0 saturated heterocycles. The lowest BCUT2D eigenvalue weighted by Gasteiger charge is -2.27. The van der Waals surface area contributed by atoms with E-state index in [-0.39, 0.29) is 6.10 Å². The van der Waals surface area contributed by atoms with E-state index in [4.69, 9.17) is 9.47 Å². The van der Waals surface area contributed by atoms with Crippen molar-refractivity contribution in [3.05, 3.63) is 70.3 Å². The summed E-state index contributed by atoms with van der Waals surface area (Å²) in [5.41, 5.74) is 2.29. The highest BCUT2D eigenvalue weighted by atomic mass is 32.2. The third-order valence-electron chi connectivity index (χ3n) is 4.29. The van der Waals surface area contributed by atoms with E-state index in [0.29, 0.717) is 0 Å². The Morgan fingerprint density at radius 1 is 1.04 bits per heavy atom. The minimum absolute atomic E-state index is 0.00896. The van der Waals surface area contributed by atoms with Gasteiger partial charge in [0.05, 0.1) is 22.8 Å². The molecule has 2 atom stereocenters. The fourth-order valence-electron chi connectivity index (χ4n) is 2.86. The number of hydrogen-bond donors (Lipinski definition) is 0. The standard InChI is InChI=1S/C20H22O3S/c1-14-4-10-18(11-5-14)24(21)20-13-12-19(23-15(20)2)16-6-8-17(22-3)9-7-16/h4-11,19H,12-13H2,1-3H3/t19-,24?/m1/s1. The van der Waals surface area contributed by atoms with Crippen molar-refractivity contribution in [1.29, 1.82) is 0 Å². The summed E-state index contributed by atoms with van der Waals surface area (Å²) in [5.74, 6) is 1.61. The van der Waals surface area contributed by atoms with Gasteiger partial charge in [-0.2, -0.15) is 0 Å². The third-order valence-corrected chi connectivity index (χ3v) is 5.93. The zero-order chi connectivity index (χ0) is 17.1. The van der Waals surface area contributed by atoms with Crippen molar-refractivity contribution in [2.45, 2.75) is 37.7 Å². The smallest absolute Gasteiger partial charge is 0.124 e. The number of methoxy groups -OCH3 is 1. The first kappa shape index (κ1) is 16.8. The maximum absolute atomic E-state index is 12.8. The summed E-state index contributed by atoms with van der Waals surface area (Å²) < 4.78 is 24.1. The molecule has 3 nitrogen and oxygen atoms in total. The van der Waals surface area contributed by atoms with Crippen LogP contribution in [0.2, 0.25) is 0 Å². The van der Waals surface area contributed by atoms with Crippen LogP contribution in [0.1, 0.15) is 37.0 Å². The van der Waals surface area contributed by atoms with Gasteiger partial charge in [-0.3, -0.25) is 0 Å². The quantitative estimate of drug-likeness (QED) is 0.793. The fourth-order valence-corrected chi connectivity index (χ4v) is 4.14. The predicted molar refractivity (Wildman–Crippen MR) is 96.3 cm³/mol. The largest absolute Gasteiger partial charge is 0.497 e. The Kier molecular flexibility index (Phi) is 5.05. The lowest BCUT2D eigenvalue weighted by Crippen LogP contribution is -2.13. The molecule has 1 heterocycles. The minimum Gasteiger partial charge on any atom is -0.497 e. The first-order valence-corrected chi connectivity index (χ1v) is 9.22. The van der Waals surface area contributed by atoms with Gasteiger partial charge in [0, 0.05) is 4.90 Å². The van der Waals surface area contributed by atoms with Gasteiger partial charge in [-0.05, 0) is 56.5 Å². The van der Waals surface area contributed by atoms with Gasteiger partial charge in [-0.25, -0.2) is 4.21 Å². The van der Waals surface area contributed by atoms with E-state index in [9.17, 15) is 4.21 Å². The number of allylic oxidation sites excluding steroid dienone is 2. The highest BCUT2D eigenvalue weighted by molar-refractivity contribution is 7.89. The van der Waals surface area contributed by atoms with E-state index >= 15 is 0 Å². The molecule has 0 amide bonds. The molecule has 24 heavy (non-hydrogen) atoms. The molecule has 1 aliphatic rings. The molecule has 3 rings (SSSR count). The maximum atomic E-state index is 12.8. The van der Waals surface area contributed by atoms with Crippen LogP contribution in [-0.2, 0) is 15.5 Å². The maximum Gasteiger partial charge on any atom is 0.124 e. The van der Waals surface area contributed by atoms with Crippen molar-refractivity contribution in [1.82, 2.24) is 0 Å². The highest BCUT2D eigenvalue weighted by Crippen LogP contribution is 2.36. The zero-order valence-electron chi connectivity index (χ0n) is 14.2. The van der Waals surface area contributed by atoms with Gasteiger partial charge < -0.3 is 9.47 Å².